The monoisotopic (exact) mass is 259 g/mol. The second-order valence-electron chi connectivity index (χ2n) is 3.46. The van der Waals surface area contributed by atoms with Gasteiger partial charge in [0.15, 0.2) is 0 Å². The third-order valence-electron chi connectivity index (χ3n) is 2.01. The number of hydrogen-bond acceptors (Lipinski definition) is 5. The highest BCUT2D eigenvalue weighted by Crippen LogP contribution is 2.10. The number of hydrogen-bond donors (Lipinski definition) is 1. The average Bonchev–Trinajstić information content (AvgIpc) is 2.33. The van der Waals surface area contributed by atoms with Gasteiger partial charge in [0.25, 0.3) is 0 Å². The van der Waals surface area contributed by atoms with Crippen LogP contribution in [0.4, 0.5) is 5.95 Å². The molecule has 1 rings (SSSR count). The number of halogens is 1. The maximum atomic E-state index is 5.49. The summed E-state index contributed by atoms with van der Waals surface area (Å²) < 4.78 is 10.3. The fourth-order valence-corrected chi connectivity index (χ4v) is 1.36. The Morgan fingerprint density at radius 1 is 1.35 bits per heavy atom. The van der Waals surface area contributed by atoms with Gasteiger partial charge < -0.3 is 14.8 Å². The molecule has 6 heteroatoms. The predicted octanol–water partition coefficient (Wildman–Crippen LogP) is 1.85. The summed E-state index contributed by atoms with van der Waals surface area (Å²) >= 11 is 5.49. The number of rotatable bonds is 8. The van der Waals surface area contributed by atoms with Crippen LogP contribution in [0.25, 0.3) is 0 Å². The predicted molar refractivity (Wildman–Crippen MR) is 68.0 cm³/mol. The van der Waals surface area contributed by atoms with Crippen molar-refractivity contribution in [3.8, 4) is 5.88 Å². The molecule has 0 aliphatic heterocycles. The number of aryl methyl sites for hydroxylation is 1. The number of anilines is 1. The highest BCUT2D eigenvalue weighted by molar-refractivity contribution is 6.17. The van der Waals surface area contributed by atoms with E-state index in [1.54, 1.807) is 13.2 Å². The molecule has 96 valence electrons. The number of alkyl halides is 1. The SMILES string of the molecule is COc1cc(C)nc(NCCCOCCCl)n1. The normalized spacial score (nSPS) is 10.3. The first-order valence-electron chi connectivity index (χ1n) is 5.53. The van der Waals surface area contributed by atoms with Gasteiger partial charge in [-0.25, -0.2) is 4.98 Å². The van der Waals surface area contributed by atoms with E-state index >= 15 is 0 Å². The third kappa shape index (κ3) is 5.70. The van der Waals surface area contributed by atoms with E-state index in [4.69, 9.17) is 21.1 Å². The minimum atomic E-state index is 0.533. The summed E-state index contributed by atoms with van der Waals surface area (Å²) in [7, 11) is 1.59. The van der Waals surface area contributed by atoms with Crippen molar-refractivity contribution in [3.63, 3.8) is 0 Å². The first-order valence-corrected chi connectivity index (χ1v) is 6.07. The molecule has 1 N–H and O–H groups in total. The molecule has 0 amide bonds. The van der Waals surface area contributed by atoms with Crippen molar-refractivity contribution in [1.29, 1.82) is 0 Å². The lowest BCUT2D eigenvalue weighted by molar-refractivity contribution is 0.149. The minimum Gasteiger partial charge on any atom is -0.481 e. The van der Waals surface area contributed by atoms with Crippen LogP contribution in [0.2, 0.25) is 0 Å². The zero-order valence-corrected chi connectivity index (χ0v) is 11.0. The average molecular weight is 260 g/mol. The lowest BCUT2D eigenvalue weighted by atomic mass is 10.4. The molecule has 0 unspecified atom stereocenters. The summed E-state index contributed by atoms with van der Waals surface area (Å²) in [4.78, 5) is 8.43. The van der Waals surface area contributed by atoms with E-state index < -0.39 is 0 Å². The van der Waals surface area contributed by atoms with Crippen LogP contribution >= 0.6 is 11.6 Å². The van der Waals surface area contributed by atoms with Crippen LogP contribution in [-0.4, -0.2) is 42.7 Å². The highest BCUT2D eigenvalue weighted by Gasteiger charge is 2.01. The molecule has 0 aliphatic carbocycles. The summed E-state index contributed by atoms with van der Waals surface area (Å²) in [6.07, 6.45) is 0.885. The quantitative estimate of drug-likeness (QED) is 0.570. The molecular formula is C11H18ClN3O2. The Balaban J connectivity index is 2.28. The zero-order valence-electron chi connectivity index (χ0n) is 10.2. The van der Waals surface area contributed by atoms with Gasteiger partial charge in [0, 0.05) is 30.8 Å². The fourth-order valence-electron chi connectivity index (χ4n) is 1.25. The molecule has 0 saturated carbocycles. The number of methoxy groups -OCH3 is 1. The van der Waals surface area contributed by atoms with Crippen molar-refractivity contribution in [3.05, 3.63) is 11.8 Å². The Bertz CT molecular complexity index is 336. The Labute approximate surface area is 107 Å². The Morgan fingerprint density at radius 3 is 2.88 bits per heavy atom. The largest absolute Gasteiger partial charge is 0.481 e. The number of nitrogens with zero attached hydrogens (tertiary/aromatic N) is 2. The van der Waals surface area contributed by atoms with Crippen LogP contribution in [0, 0.1) is 6.92 Å². The number of aromatic nitrogens is 2. The van der Waals surface area contributed by atoms with Crippen LogP contribution in [0.5, 0.6) is 5.88 Å². The smallest absolute Gasteiger partial charge is 0.226 e. The summed E-state index contributed by atoms with van der Waals surface area (Å²) in [6.45, 7) is 3.94. The minimum absolute atomic E-state index is 0.533. The van der Waals surface area contributed by atoms with E-state index in [1.807, 2.05) is 6.92 Å². The van der Waals surface area contributed by atoms with Gasteiger partial charge in [-0.2, -0.15) is 4.98 Å². The molecule has 0 bridgehead atoms. The molecule has 5 nitrogen and oxygen atoms in total. The molecule has 0 aliphatic rings. The van der Waals surface area contributed by atoms with E-state index in [2.05, 4.69) is 15.3 Å². The van der Waals surface area contributed by atoms with Gasteiger partial charge in [-0.3, -0.25) is 0 Å². The highest BCUT2D eigenvalue weighted by atomic mass is 35.5. The molecule has 1 aromatic rings. The first-order chi connectivity index (χ1) is 8.26. The standard InChI is InChI=1S/C11H18ClN3O2/c1-9-8-10(16-2)15-11(14-9)13-5-3-6-17-7-4-12/h8H,3-7H2,1-2H3,(H,13,14,15). The van der Waals surface area contributed by atoms with Crippen molar-refractivity contribution in [2.75, 3.05) is 38.1 Å². The maximum Gasteiger partial charge on any atom is 0.226 e. The van der Waals surface area contributed by atoms with Gasteiger partial charge >= 0.3 is 0 Å². The van der Waals surface area contributed by atoms with Crippen LogP contribution in [0.15, 0.2) is 6.07 Å². The number of nitrogens with one attached hydrogen (secondary N) is 1. The number of ether oxygens (including phenoxy) is 2. The van der Waals surface area contributed by atoms with Gasteiger partial charge in [-0.1, -0.05) is 0 Å². The van der Waals surface area contributed by atoms with Crippen LogP contribution in [0.1, 0.15) is 12.1 Å². The van der Waals surface area contributed by atoms with Crippen molar-refractivity contribution in [2.24, 2.45) is 0 Å². The van der Waals surface area contributed by atoms with Crippen LogP contribution in [-0.2, 0) is 4.74 Å². The van der Waals surface area contributed by atoms with Crippen LogP contribution in [0.3, 0.4) is 0 Å². The van der Waals surface area contributed by atoms with Gasteiger partial charge in [0.1, 0.15) is 0 Å². The molecule has 1 aromatic heterocycles. The summed E-state index contributed by atoms with van der Waals surface area (Å²) in [5.41, 5.74) is 0.873. The summed E-state index contributed by atoms with van der Waals surface area (Å²) in [6, 6.07) is 1.79. The lowest BCUT2D eigenvalue weighted by Crippen LogP contribution is -2.09. The van der Waals surface area contributed by atoms with Gasteiger partial charge in [-0.05, 0) is 13.3 Å². The molecule has 17 heavy (non-hydrogen) atoms. The Morgan fingerprint density at radius 2 is 2.18 bits per heavy atom. The van der Waals surface area contributed by atoms with Gasteiger partial charge in [0.2, 0.25) is 11.8 Å². The fraction of sp³-hybridized carbons (Fsp3) is 0.636. The third-order valence-corrected chi connectivity index (χ3v) is 2.16. The van der Waals surface area contributed by atoms with Crippen LogP contribution < -0.4 is 10.1 Å². The van der Waals surface area contributed by atoms with Crippen molar-refractivity contribution >= 4 is 17.5 Å². The molecule has 0 radical (unpaired) electrons. The molecule has 0 spiro atoms. The molecule has 0 atom stereocenters. The van der Waals surface area contributed by atoms with Crippen molar-refractivity contribution in [1.82, 2.24) is 9.97 Å². The van der Waals surface area contributed by atoms with E-state index in [9.17, 15) is 0 Å². The Hall–Kier alpha value is -1.07. The van der Waals surface area contributed by atoms with E-state index in [0.717, 1.165) is 18.7 Å². The van der Waals surface area contributed by atoms with E-state index in [0.29, 0.717) is 30.9 Å². The van der Waals surface area contributed by atoms with E-state index in [1.165, 1.54) is 0 Å². The van der Waals surface area contributed by atoms with E-state index in [-0.39, 0.29) is 0 Å². The van der Waals surface area contributed by atoms with Crippen molar-refractivity contribution in [2.45, 2.75) is 13.3 Å². The second kappa shape index (κ2) is 8.08. The summed E-state index contributed by atoms with van der Waals surface area (Å²) in [5.74, 6) is 1.68. The molecule has 0 saturated heterocycles. The maximum absolute atomic E-state index is 5.49. The second-order valence-corrected chi connectivity index (χ2v) is 3.83. The molecule has 1 heterocycles. The zero-order chi connectivity index (χ0) is 12.5. The van der Waals surface area contributed by atoms with Gasteiger partial charge in [0.05, 0.1) is 13.7 Å². The lowest BCUT2D eigenvalue weighted by Gasteiger charge is -2.07. The molecule has 0 fully saturated rings. The Kier molecular flexibility index (Phi) is 6.65. The molecular weight excluding hydrogens is 242 g/mol. The topological polar surface area (TPSA) is 56.3 Å². The summed E-state index contributed by atoms with van der Waals surface area (Å²) in [5, 5.41) is 3.12. The van der Waals surface area contributed by atoms with Gasteiger partial charge in [-0.15, -0.1) is 11.6 Å². The molecule has 0 aromatic carbocycles. The first kappa shape index (κ1) is 14.0. The van der Waals surface area contributed by atoms with Crippen molar-refractivity contribution < 1.29 is 9.47 Å².